The van der Waals surface area contributed by atoms with Gasteiger partial charge in [-0.2, -0.15) is 0 Å². The third-order valence-electron chi connectivity index (χ3n) is 0.896. The first-order chi connectivity index (χ1) is 4.63. The van der Waals surface area contributed by atoms with Crippen molar-refractivity contribution in [3.8, 4) is 11.8 Å². The number of amides is 1. The Bertz CT molecular complexity index is 164. The van der Waals surface area contributed by atoms with Crippen LogP contribution in [0, 0.1) is 11.8 Å². The molecule has 0 aromatic heterocycles. The van der Waals surface area contributed by atoms with Crippen molar-refractivity contribution in [1.82, 2.24) is 4.90 Å². The second kappa shape index (κ2) is 4.83. The second-order valence-corrected chi connectivity index (χ2v) is 2.22. The molecule has 0 aliphatic heterocycles. The van der Waals surface area contributed by atoms with Crippen molar-refractivity contribution in [2.24, 2.45) is 5.73 Å². The molecule has 3 heteroatoms. The summed E-state index contributed by atoms with van der Waals surface area (Å²) < 4.78 is 0. The number of nitrogens with two attached hydrogens (primary N) is 1. The van der Waals surface area contributed by atoms with Gasteiger partial charge in [0.05, 0.1) is 0 Å². The molecule has 56 valence electrons. The molecule has 0 atom stereocenters. The van der Waals surface area contributed by atoms with Crippen LogP contribution in [0.25, 0.3) is 0 Å². The first-order valence-corrected chi connectivity index (χ1v) is 3.06. The quantitative estimate of drug-likeness (QED) is 0.522. The number of rotatable bonds is 2. The van der Waals surface area contributed by atoms with Crippen molar-refractivity contribution in [2.45, 2.75) is 6.42 Å². The molecule has 0 aliphatic carbocycles. The summed E-state index contributed by atoms with van der Waals surface area (Å²) in [6.45, 7) is 0.861. The van der Waals surface area contributed by atoms with Crippen molar-refractivity contribution in [1.29, 1.82) is 0 Å². The molecule has 0 bridgehead atoms. The third kappa shape index (κ3) is 6.99. The average molecular weight is 140 g/mol. The van der Waals surface area contributed by atoms with Crippen LogP contribution in [0.4, 0.5) is 0 Å². The monoisotopic (exact) mass is 140 g/mol. The Kier molecular flexibility index (Phi) is 4.34. The van der Waals surface area contributed by atoms with Gasteiger partial charge in [0.15, 0.2) is 0 Å². The molecule has 0 heterocycles. The van der Waals surface area contributed by atoms with Gasteiger partial charge in [0.2, 0.25) is 0 Å². The highest BCUT2D eigenvalue weighted by Crippen LogP contribution is 1.78. The van der Waals surface area contributed by atoms with Crippen LogP contribution in [-0.2, 0) is 4.79 Å². The van der Waals surface area contributed by atoms with Crippen LogP contribution in [0.3, 0.4) is 0 Å². The van der Waals surface area contributed by atoms with Gasteiger partial charge >= 0.3 is 0 Å². The van der Waals surface area contributed by atoms with Crippen molar-refractivity contribution < 1.29 is 4.79 Å². The Hall–Kier alpha value is -1.01. The van der Waals surface area contributed by atoms with Crippen LogP contribution in [0.2, 0.25) is 0 Å². The molecule has 0 aromatic carbocycles. The second-order valence-electron chi connectivity index (χ2n) is 2.22. The predicted molar refractivity (Wildman–Crippen MR) is 40.1 cm³/mol. The topological polar surface area (TPSA) is 46.3 Å². The van der Waals surface area contributed by atoms with E-state index in [1.807, 2.05) is 19.0 Å². The summed E-state index contributed by atoms with van der Waals surface area (Å²) in [4.78, 5) is 12.1. The lowest BCUT2D eigenvalue weighted by Gasteiger charge is -2.03. The predicted octanol–water partition coefficient (Wildman–Crippen LogP) is -0.573. The minimum atomic E-state index is -0.557. The van der Waals surface area contributed by atoms with E-state index in [9.17, 15) is 4.79 Å². The van der Waals surface area contributed by atoms with Crippen molar-refractivity contribution >= 4 is 5.91 Å². The minimum Gasteiger partial charge on any atom is -0.359 e. The van der Waals surface area contributed by atoms with Gasteiger partial charge in [-0.1, -0.05) is 5.92 Å². The van der Waals surface area contributed by atoms with E-state index in [1.165, 1.54) is 0 Å². The van der Waals surface area contributed by atoms with Gasteiger partial charge < -0.3 is 10.6 Å². The third-order valence-corrected chi connectivity index (χ3v) is 0.896. The van der Waals surface area contributed by atoms with Gasteiger partial charge in [-0.05, 0) is 20.0 Å². The lowest BCUT2D eigenvalue weighted by molar-refractivity contribution is -0.112. The number of carbonyl (C=O) groups excluding carboxylic acids is 1. The Morgan fingerprint density at radius 2 is 2.20 bits per heavy atom. The first-order valence-electron chi connectivity index (χ1n) is 3.06. The molecular formula is C7H12N2O. The fraction of sp³-hybridized carbons (Fsp3) is 0.571. The standard InChI is InChI=1S/C7H12N2O/c1-9(2)6-4-3-5-7(8)10/h4,6H2,1-2H3,(H2,8,10). The van der Waals surface area contributed by atoms with E-state index < -0.39 is 5.91 Å². The molecule has 10 heavy (non-hydrogen) atoms. The molecule has 0 saturated heterocycles. The van der Waals surface area contributed by atoms with Gasteiger partial charge in [-0.3, -0.25) is 4.79 Å². The van der Waals surface area contributed by atoms with Gasteiger partial charge in [-0.15, -0.1) is 0 Å². The Morgan fingerprint density at radius 3 is 2.60 bits per heavy atom. The van der Waals surface area contributed by atoms with Gasteiger partial charge in [0.1, 0.15) is 0 Å². The lowest BCUT2D eigenvalue weighted by Crippen LogP contribution is -2.12. The number of hydrogen-bond acceptors (Lipinski definition) is 2. The molecule has 0 aromatic rings. The summed E-state index contributed by atoms with van der Waals surface area (Å²) in [6, 6.07) is 0. The molecule has 0 fully saturated rings. The van der Waals surface area contributed by atoms with Crippen LogP contribution in [0.5, 0.6) is 0 Å². The van der Waals surface area contributed by atoms with E-state index in [4.69, 9.17) is 5.73 Å². The molecule has 0 unspecified atom stereocenters. The van der Waals surface area contributed by atoms with Crippen molar-refractivity contribution in [3.05, 3.63) is 0 Å². The number of carbonyl (C=O) groups is 1. The van der Waals surface area contributed by atoms with Crippen molar-refractivity contribution in [3.63, 3.8) is 0 Å². The molecule has 0 aliphatic rings. The van der Waals surface area contributed by atoms with E-state index in [2.05, 4.69) is 11.8 Å². The maximum atomic E-state index is 10.1. The highest BCUT2D eigenvalue weighted by Gasteiger charge is 1.84. The lowest BCUT2D eigenvalue weighted by atomic mass is 10.4. The van der Waals surface area contributed by atoms with Crippen LogP contribution in [0.15, 0.2) is 0 Å². The maximum absolute atomic E-state index is 10.1. The molecular weight excluding hydrogens is 128 g/mol. The summed E-state index contributed by atoms with van der Waals surface area (Å²) in [5, 5.41) is 0. The van der Waals surface area contributed by atoms with Gasteiger partial charge in [-0.25, -0.2) is 0 Å². The van der Waals surface area contributed by atoms with Crippen LogP contribution >= 0.6 is 0 Å². The zero-order valence-electron chi connectivity index (χ0n) is 6.35. The Morgan fingerprint density at radius 1 is 1.60 bits per heavy atom. The largest absolute Gasteiger partial charge is 0.359 e. The Balaban J connectivity index is 3.38. The van der Waals surface area contributed by atoms with E-state index in [0.29, 0.717) is 6.42 Å². The van der Waals surface area contributed by atoms with E-state index in [0.717, 1.165) is 6.54 Å². The highest BCUT2D eigenvalue weighted by atomic mass is 16.1. The smallest absolute Gasteiger partial charge is 0.293 e. The summed E-state index contributed by atoms with van der Waals surface area (Å²) in [7, 11) is 3.90. The summed E-state index contributed by atoms with van der Waals surface area (Å²) in [5.41, 5.74) is 4.78. The van der Waals surface area contributed by atoms with Gasteiger partial charge in [0.25, 0.3) is 5.91 Å². The zero-order chi connectivity index (χ0) is 7.98. The molecule has 3 nitrogen and oxygen atoms in total. The van der Waals surface area contributed by atoms with Crippen LogP contribution in [0.1, 0.15) is 6.42 Å². The molecule has 0 rings (SSSR count). The van der Waals surface area contributed by atoms with E-state index in [1.54, 1.807) is 0 Å². The zero-order valence-corrected chi connectivity index (χ0v) is 6.35. The van der Waals surface area contributed by atoms with Gasteiger partial charge in [0, 0.05) is 13.0 Å². The fourth-order valence-corrected chi connectivity index (χ4v) is 0.429. The number of nitrogens with zero attached hydrogens (tertiary/aromatic N) is 1. The fourth-order valence-electron chi connectivity index (χ4n) is 0.429. The minimum absolute atomic E-state index is 0.557. The summed E-state index contributed by atoms with van der Waals surface area (Å²) >= 11 is 0. The number of hydrogen-bond donors (Lipinski definition) is 1. The van der Waals surface area contributed by atoms with Crippen LogP contribution < -0.4 is 5.73 Å². The molecule has 0 saturated carbocycles. The Labute approximate surface area is 61.2 Å². The first kappa shape index (κ1) is 8.99. The highest BCUT2D eigenvalue weighted by molar-refractivity contribution is 5.91. The average Bonchev–Trinajstić information content (AvgIpc) is 1.79. The SMILES string of the molecule is CN(C)CCC#CC(N)=O. The summed E-state index contributed by atoms with van der Waals surface area (Å²) in [6.07, 6.45) is 0.690. The van der Waals surface area contributed by atoms with E-state index >= 15 is 0 Å². The summed E-state index contributed by atoms with van der Waals surface area (Å²) in [5.74, 6) is 4.36. The van der Waals surface area contributed by atoms with E-state index in [-0.39, 0.29) is 0 Å². The molecule has 2 N–H and O–H groups in total. The van der Waals surface area contributed by atoms with Crippen LogP contribution in [-0.4, -0.2) is 31.4 Å². The number of primary amides is 1. The molecule has 0 radical (unpaired) electrons. The maximum Gasteiger partial charge on any atom is 0.293 e. The normalized spacial score (nSPS) is 8.70. The molecule has 0 spiro atoms. The molecule has 1 amide bonds. The van der Waals surface area contributed by atoms with Crippen molar-refractivity contribution in [2.75, 3.05) is 20.6 Å².